The Morgan fingerprint density at radius 1 is 1.02 bits per heavy atom. The average molecular weight is 760 g/mol. The van der Waals surface area contributed by atoms with Gasteiger partial charge in [-0.3, -0.25) is 14.2 Å². The number of aliphatic hydroxyl groups excluding tert-OH is 1. The van der Waals surface area contributed by atoms with E-state index in [1.54, 1.807) is 52.1 Å². The van der Waals surface area contributed by atoms with Crippen LogP contribution in [0.1, 0.15) is 70.9 Å². The Bertz CT molecular complexity index is 1530. The number of amides is 3. The maximum atomic E-state index is 14.3. The fourth-order valence-corrected chi connectivity index (χ4v) is 8.05. The standard InChI is InChI=1S/C39H58N3O10P/c1-8-50-53(47,51-9-2)38(45)34-24-29(37(44)42(5)26-30-20-21-31(48-6)25-35(30)49-7)18-14-11-15-19-32(23-28-16-12-10-13-17-28)52-39(46)41-33(22-27(3)4)36(43)40-34/h10-14,16-17,20-21,25,27,29,32-34,38,45H,8-9,15,18-19,22-24,26H2,1-7H3,(H,40,43)(H,41,46)/b14-11+/t29?,32?,33-,34-,38-/m0/s1. The van der Waals surface area contributed by atoms with Gasteiger partial charge in [0.25, 0.3) is 0 Å². The van der Waals surface area contributed by atoms with Crippen LogP contribution in [0.4, 0.5) is 4.79 Å². The summed E-state index contributed by atoms with van der Waals surface area (Å²) in [5.74, 6) is -2.37. The molecule has 0 aromatic heterocycles. The number of carbonyl (C=O) groups excluding carboxylic acids is 3. The van der Waals surface area contributed by atoms with Gasteiger partial charge in [-0.1, -0.05) is 56.3 Å². The Hall–Kier alpha value is -3.90. The van der Waals surface area contributed by atoms with Gasteiger partial charge in [0, 0.05) is 37.6 Å². The highest BCUT2D eigenvalue weighted by molar-refractivity contribution is 7.54. The fourth-order valence-electron chi connectivity index (χ4n) is 6.31. The van der Waals surface area contributed by atoms with E-state index in [0.717, 1.165) is 11.1 Å². The molecule has 1 aliphatic heterocycles. The van der Waals surface area contributed by atoms with Gasteiger partial charge in [0.05, 0.1) is 33.5 Å². The third kappa shape index (κ3) is 13.5. The molecule has 53 heavy (non-hydrogen) atoms. The van der Waals surface area contributed by atoms with E-state index in [2.05, 4.69) is 10.6 Å². The summed E-state index contributed by atoms with van der Waals surface area (Å²) in [6, 6.07) is 12.7. The number of carbonyl (C=O) groups is 3. The lowest BCUT2D eigenvalue weighted by Gasteiger charge is -2.33. The molecule has 0 bridgehead atoms. The van der Waals surface area contributed by atoms with Gasteiger partial charge in [0.2, 0.25) is 11.8 Å². The molecule has 1 heterocycles. The van der Waals surface area contributed by atoms with Crippen LogP contribution in [-0.2, 0) is 40.9 Å². The van der Waals surface area contributed by atoms with E-state index in [0.29, 0.717) is 30.8 Å². The summed E-state index contributed by atoms with van der Waals surface area (Å²) in [7, 11) is 0.562. The summed E-state index contributed by atoms with van der Waals surface area (Å²) < 4.78 is 41.7. The highest BCUT2D eigenvalue weighted by atomic mass is 31.2. The molecule has 2 aromatic rings. The van der Waals surface area contributed by atoms with E-state index in [-0.39, 0.29) is 50.8 Å². The molecule has 14 heteroatoms. The molecular weight excluding hydrogens is 701 g/mol. The molecule has 5 atom stereocenters. The van der Waals surface area contributed by atoms with Crippen LogP contribution in [0.15, 0.2) is 60.7 Å². The number of cyclic esters (lactones) is 1. The molecule has 0 fully saturated rings. The number of rotatable bonds is 15. The quantitative estimate of drug-likeness (QED) is 0.140. The summed E-state index contributed by atoms with van der Waals surface area (Å²) in [4.78, 5) is 43.2. The van der Waals surface area contributed by atoms with Gasteiger partial charge in [-0.2, -0.15) is 0 Å². The van der Waals surface area contributed by atoms with Crippen molar-refractivity contribution in [1.29, 1.82) is 0 Å². The molecule has 3 N–H and O–H groups in total. The van der Waals surface area contributed by atoms with Gasteiger partial charge < -0.3 is 43.9 Å². The number of hydrogen-bond donors (Lipinski definition) is 3. The van der Waals surface area contributed by atoms with Gasteiger partial charge >= 0.3 is 13.7 Å². The summed E-state index contributed by atoms with van der Waals surface area (Å²) >= 11 is 0. The first-order valence-corrected chi connectivity index (χ1v) is 19.9. The third-order valence-corrected chi connectivity index (χ3v) is 11.2. The number of allylic oxidation sites excluding steroid dienone is 2. The Labute approximate surface area is 314 Å². The number of aliphatic hydroxyl groups is 1. The smallest absolute Gasteiger partial charge is 0.408 e. The Morgan fingerprint density at radius 3 is 2.34 bits per heavy atom. The molecule has 0 aliphatic carbocycles. The zero-order valence-corrected chi connectivity index (χ0v) is 33.0. The third-order valence-electron chi connectivity index (χ3n) is 8.93. The SMILES string of the molecule is CCOP(=O)(OCC)[C@H](O)[C@@H]1CC(C(=O)N(C)Cc2ccc(OC)cc2OC)C/C=C/CCC(Cc2ccccc2)OC(=O)N[C@@H](CC(C)C)C(=O)N1. The molecule has 3 rings (SSSR count). The van der Waals surface area contributed by atoms with Crippen molar-refractivity contribution in [3.8, 4) is 11.5 Å². The molecule has 2 aromatic carbocycles. The summed E-state index contributed by atoms with van der Waals surface area (Å²) in [5.41, 5.74) is 1.74. The molecule has 0 spiro atoms. The minimum Gasteiger partial charge on any atom is -0.497 e. The van der Waals surface area contributed by atoms with Crippen LogP contribution in [0.2, 0.25) is 0 Å². The topological polar surface area (TPSA) is 162 Å². The Kier molecular flexibility index (Phi) is 17.8. The van der Waals surface area contributed by atoms with Crippen molar-refractivity contribution in [3.05, 3.63) is 71.8 Å². The molecule has 1 aliphatic rings. The number of nitrogens with one attached hydrogen (secondary N) is 2. The lowest BCUT2D eigenvalue weighted by molar-refractivity contribution is -0.136. The largest absolute Gasteiger partial charge is 0.497 e. The van der Waals surface area contributed by atoms with Gasteiger partial charge in [-0.05, 0) is 69.6 Å². The van der Waals surface area contributed by atoms with Crippen LogP contribution in [-0.4, -0.2) is 86.4 Å². The lowest BCUT2D eigenvalue weighted by Crippen LogP contribution is -2.54. The second-order valence-electron chi connectivity index (χ2n) is 13.5. The zero-order valence-electron chi connectivity index (χ0n) is 32.1. The molecule has 2 unspecified atom stereocenters. The average Bonchev–Trinajstić information content (AvgIpc) is 3.13. The molecule has 0 saturated heterocycles. The van der Waals surface area contributed by atoms with E-state index in [9.17, 15) is 24.1 Å². The number of nitrogens with zero attached hydrogens (tertiary/aromatic N) is 1. The van der Waals surface area contributed by atoms with Crippen molar-refractivity contribution in [2.45, 2.75) is 96.8 Å². The highest BCUT2D eigenvalue weighted by Gasteiger charge is 2.43. The van der Waals surface area contributed by atoms with Crippen molar-refractivity contribution in [1.82, 2.24) is 15.5 Å². The van der Waals surface area contributed by atoms with Crippen LogP contribution in [0.25, 0.3) is 0 Å². The molecule has 0 radical (unpaired) electrons. The van der Waals surface area contributed by atoms with Gasteiger partial charge in [-0.25, -0.2) is 4.79 Å². The number of ether oxygens (including phenoxy) is 3. The maximum absolute atomic E-state index is 14.3. The van der Waals surface area contributed by atoms with Gasteiger partial charge in [0.1, 0.15) is 23.6 Å². The minimum absolute atomic E-state index is 0.0170. The van der Waals surface area contributed by atoms with E-state index in [1.807, 2.05) is 62.4 Å². The summed E-state index contributed by atoms with van der Waals surface area (Å²) in [6.45, 7) is 7.20. The second kappa shape index (κ2) is 21.7. The summed E-state index contributed by atoms with van der Waals surface area (Å²) in [6.07, 6.45) is 4.48. The molecule has 0 saturated carbocycles. The number of methoxy groups -OCH3 is 2. The van der Waals surface area contributed by atoms with Gasteiger partial charge in [0.15, 0.2) is 5.85 Å². The molecule has 3 amide bonds. The predicted molar refractivity (Wildman–Crippen MR) is 203 cm³/mol. The van der Waals surface area contributed by atoms with Crippen molar-refractivity contribution < 1.29 is 47.3 Å². The van der Waals surface area contributed by atoms with Crippen LogP contribution >= 0.6 is 7.60 Å². The van der Waals surface area contributed by atoms with E-state index in [4.69, 9.17) is 23.3 Å². The molecule has 13 nitrogen and oxygen atoms in total. The Balaban J connectivity index is 2.04. The van der Waals surface area contributed by atoms with Crippen LogP contribution in [0.3, 0.4) is 0 Å². The Morgan fingerprint density at radius 2 is 1.72 bits per heavy atom. The first-order chi connectivity index (χ1) is 25.3. The molecule has 294 valence electrons. The highest BCUT2D eigenvalue weighted by Crippen LogP contribution is 2.53. The lowest BCUT2D eigenvalue weighted by atomic mass is 9.93. The zero-order chi connectivity index (χ0) is 39.0. The maximum Gasteiger partial charge on any atom is 0.408 e. The van der Waals surface area contributed by atoms with Crippen molar-refractivity contribution >= 4 is 25.5 Å². The van der Waals surface area contributed by atoms with E-state index >= 15 is 0 Å². The number of benzene rings is 2. The first-order valence-electron chi connectivity index (χ1n) is 18.3. The van der Waals surface area contributed by atoms with Crippen LogP contribution < -0.4 is 20.1 Å². The minimum atomic E-state index is -4.20. The van der Waals surface area contributed by atoms with E-state index in [1.165, 1.54) is 0 Å². The van der Waals surface area contributed by atoms with Crippen molar-refractivity contribution in [3.63, 3.8) is 0 Å². The number of hydrogen-bond acceptors (Lipinski definition) is 10. The first kappa shape index (κ1) is 43.5. The predicted octanol–water partition coefficient (Wildman–Crippen LogP) is 6.23. The second-order valence-corrected chi connectivity index (χ2v) is 15.7. The normalized spacial score (nSPS) is 21.6. The number of alkyl carbamates (subject to hydrolysis) is 1. The van der Waals surface area contributed by atoms with Crippen LogP contribution in [0.5, 0.6) is 11.5 Å². The van der Waals surface area contributed by atoms with Gasteiger partial charge in [-0.15, -0.1) is 0 Å². The van der Waals surface area contributed by atoms with E-state index < -0.39 is 49.5 Å². The molecular formula is C39H58N3O10P. The van der Waals surface area contributed by atoms with Crippen molar-refractivity contribution in [2.75, 3.05) is 34.5 Å². The van der Waals surface area contributed by atoms with Crippen molar-refractivity contribution in [2.24, 2.45) is 11.8 Å². The fraction of sp³-hybridized carbons (Fsp3) is 0.564. The summed E-state index contributed by atoms with van der Waals surface area (Å²) in [5, 5.41) is 17.2. The monoisotopic (exact) mass is 759 g/mol. The van der Waals surface area contributed by atoms with Crippen LogP contribution in [0, 0.1) is 11.8 Å².